The van der Waals surface area contributed by atoms with Gasteiger partial charge in [-0.2, -0.15) is 0 Å². The maximum absolute atomic E-state index is 14.1. The van der Waals surface area contributed by atoms with Crippen LogP contribution in [0.3, 0.4) is 0 Å². The van der Waals surface area contributed by atoms with Crippen molar-refractivity contribution in [1.29, 1.82) is 0 Å². The highest BCUT2D eigenvalue weighted by Crippen LogP contribution is 2.31. The molecule has 1 saturated heterocycles. The molecule has 2 fully saturated rings. The van der Waals surface area contributed by atoms with Crippen LogP contribution >= 0.6 is 0 Å². The summed E-state index contributed by atoms with van der Waals surface area (Å²) in [6, 6.07) is 4.40. The highest BCUT2D eigenvalue weighted by atomic mass is 32.2. The maximum atomic E-state index is 14.1. The average molecular weight is 429 g/mol. The molecule has 0 spiro atoms. The first-order chi connectivity index (χ1) is 13.6. The Hall–Kier alpha value is -1.87. The van der Waals surface area contributed by atoms with Gasteiger partial charge in [0.2, 0.25) is 0 Å². The van der Waals surface area contributed by atoms with E-state index in [1.165, 1.54) is 17.0 Å². The van der Waals surface area contributed by atoms with Crippen LogP contribution in [0.25, 0.3) is 0 Å². The van der Waals surface area contributed by atoms with E-state index in [1.54, 1.807) is 0 Å². The first kappa shape index (κ1) is 21.8. The number of amides is 1. The number of ether oxygens (including phenoxy) is 1. The van der Waals surface area contributed by atoms with Gasteiger partial charge in [-0.3, -0.25) is 4.90 Å². The summed E-state index contributed by atoms with van der Waals surface area (Å²) in [6.07, 6.45) is 4.17. The highest BCUT2D eigenvalue weighted by molar-refractivity contribution is 7.90. The Kier molecular flexibility index (Phi) is 6.68. The number of carboxylic acid groups (broad SMARTS) is 1. The van der Waals surface area contributed by atoms with E-state index < -0.39 is 21.7 Å². The lowest BCUT2D eigenvalue weighted by atomic mass is 9.85. The van der Waals surface area contributed by atoms with Crippen molar-refractivity contribution in [2.24, 2.45) is 5.92 Å². The molecule has 1 N–H and O–H groups in total. The Labute approximate surface area is 171 Å². The van der Waals surface area contributed by atoms with Gasteiger partial charge in [-0.25, -0.2) is 17.6 Å². The maximum Gasteiger partial charge on any atom is 0.407 e. The van der Waals surface area contributed by atoms with Crippen LogP contribution in [-0.4, -0.2) is 74.0 Å². The lowest BCUT2D eigenvalue weighted by Crippen LogP contribution is -2.57. The van der Waals surface area contributed by atoms with Crippen molar-refractivity contribution in [1.82, 2.24) is 9.80 Å². The summed E-state index contributed by atoms with van der Waals surface area (Å²) < 4.78 is 42.7. The lowest BCUT2D eigenvalue weighted by molar-refractivity contribution is 0.0277. The van der Waals surface area contributed by atoms with Crippen LogP contribution in [0.5, 0.6) is 5.75 Å². The number of hydrogen-bond acceptors (Lipinski definition) is 5. The Morgan fingerprint density at radius 1 is 1.24 bits per heavy atom. The third kappa shape index (κ3) is 5.39. The number of halogens is 1. The Morgan fingerprint density at radius 3 is 2.48 bits per heavy atom. The van der Waals surface area contributed by atoms with E-state index in [-0.39, 0.29) is 16.7 Å². The molecular formula is C20H29FN2O5S. The summed E-state index contributed by atoms with van der Waals surface area (Å²) in [7, 11) is -3.44. The molecule has 1 aromatic rings. The summed E-state index contributed by atoms with van der Waals surface area (Å²) in [5, 5.41) is 9.15. The first-order valence-corrected chi connectivity index (χ1v) is 11.9. The SMILES string of the molecule is CC1CN(C(=O)O)CCN1[C@H]1CC[C@H](COc2ccc(S(C)(=O)=O)cc2F)CC1. The number of nitrogens with zero attached hydrogens (tertiary/aromatic N) is 2. The second-order valence-corrected chi connectivity index (χ2v) is 10.2. The second-order valence-electron chi connectivity index (χ2n) is 8.17. The fourth-order valence-electron chi connectivity index (χ4n) is 4.37. The van der Waals surface area contributed by atoms with E-state index in [0.29, 0.717) is 31.7 Å². The van der Waals surface area contributed by atoms with Gasteiger partial charge in [0.15, 0.2) is 21.4 Å². The van der Waals surface area contributed by atoms with E-state index in [2.05, 4.69) is 11.8 Å². The van der Waals surface area contributed by atoms with Crippen LogP contribution in [-0.2, 0) is 9.84 Å². The summed E-state index contributed by atoms with van der Waals surface area (Å²) >= 11 is 0. The molecular weight excluding hydrogens is 399 g/mol. The van der Waals surface area contributed by atoms with Crippen molar-refractivity contribution in [3.63, 3.8) is 0 Å². The summed E-state index contributed by atoms with van der Waals surface area (Å²) in [4.78, 5) is 15.0. The van der Waals surface area contributed by atoms with Crippen molar-refractivity contribution < 1.29 is 27.4 Å². The van der Waals surface area contributed by atoms with Crippen molar-refractivity contribution in [2.45, 2.75) is 49.6 Å². The molecule has 3 rings (SSSR count). The van der Waals surface area contributed by atoms with E-state index in [0.717, 1.165) is 44.6 Å². The molecule has 0 aromatic heterocycles. The van der Waals surface area contributed by atoms with Gasteiger partial charge in [-0.15, -0.1) is 0 Å². The molecule has 2 aliphatic rings. The van der Waals surface area contributed by atoms with Crippen LogP contribution in [0, 0.1) is 11.7 Å². The van der Waals surface area contributed by atoms with Gasteiger partial charge >= 0.3 is 6.09 Å². The van der Waals surface area contributed by atoms with Crippen molar-refractivity contribution in [2.75, 3.05) is 32.5 Å². The number of piperazine rings is 1. The quantitative estimate of drug-likeness (QED) is 0.776. The van der Waals surface area contributed by atoms with Gasteiger partial charge in [0, 0.05) is 38.0 Å². The van der Waals surface area contributed by atoms with Crippen molar-refractivity contribution >= 4 is 15.9 Å². The zero-order valence-electron chi connectivity index (χ0n) is 16.9. The molecule has 1 aliphatic carbocycles. The Bertz CT molecular complexity index is 839. The van der Waals surface area contributed by atoms with E-state index >= 15 is 0 Å². The topological polar surface area (TPSA) is 87.2 Å². The van der Waals surface area contributed by atoms with Gasteiger partial charge in [0.05, 0.1) is 11.5 Å². The molecule has 1 aliphatic heterocycles. The number of rotatable bonds is 5. The minimum atomic E-state index is -3.44. The minimum absolute atomic E-state index is 0.0556. The monoisotopic (exact) mass is 428 g/mol. The van der Waals surface area contributed by atoms with E-state index in [9.17, 15) is 17.6 Å². The average Bonchev–Trinajstić information content (AvgIpc) is 2.66. The predicted molar refractivity (Wildman–Crippen MR) is 107 cm³/mol. The summed E-state index contributed by atoms with van der Waals surface area (Å²) in [6.45, 7) is 4.33. The van der Waals surface area contributed by atoms with Gasteiger partial charge in [0.25, 0.3) is 0 Å². The van der Waals surface area contributed by atoms with Crippen LogP contribution < -0.4 is 4.74 Å². The summed E-state index contributed by atoms with van der Waals surface area (Å²) in [5.74, 6) is -0.250. The molecule has 1 heterocycles. The molecule has 7 nitrogen and oxygen atoms in total. The number of carbonyl (C=O) groups is 1. The standard InChI is InChI=1S/C20H29FN2O5S/c1-14-12-22(20(24)25)9-10-23(14)16-5-3-15(4-6-16)13-28-19-8-7-17(11-18(19)21)29(2,26)27/h7-8,11,14-16H,3-6,9-10,12-13H2,1-2H3,(H,24,25)/t14?,15-,16-. The molecule has 0 bridgehead atoms. The smallest absolute Gasteiger partial charge is 0.407 e. The minimum Gasteiger partial charge on any atom is -0.490 e. The van der Waals surface area contributed by atoms with Crippen LogP contribution in [0.2, 0.25) is 0 Å². The first-order valence-electron chi connectivity index (χ1n) is 10.0. The normalized spacial score (nSPS) is 26.3. The largest absolute Gasteiger partial charge is 0.490 e. The van der Waals surface area contributed by atoms with Crippen LogP contribution in [0.4, 0.5) is 9.18 Å². The fourth-order valence-corrected chi connectivity index (χ4v) is 5.00. The zero-order chi connectivity index (χ0) is 21.2. The second kappa shape index (κ2) is 8.87. The van der Waals surface area contributed by atoms with Crippen molar-refractivity contribution in [3.05, 3.63) is 24.0 Å². The van der Waals surface area contributed by atoms with Gasteiger partial charge in [-0.1, -0.05) is 0 Å². The van der Waals surface area contributed by atoms with Gasteiger partial charge in [-0.05, 0) is 56.7 Å². The third-order valence-electron chi connectivity index (χ3n) is 6.04. The molecule has 1 saturated carbocycles. The number of benzene rings is 1. The third-order valence-corrected chi connectivity index (χ3v) is 7.15. The Balaban J connectivity index is 1.48. The molecule has 1 amide bonds. The lowest BCUT2D eigenvalue weighted by Gasteiger charge is -2.45. The molecule has 1 unspecified atom stereocenters. The molecule has 9 heteroatoms. The van der Waals surface area contributed by atoms with E-state index in [4.69, 9.17) is 9.84 Å². The summed E-state index contributed by atoms with van der Waals surface area (Å²) in [5.41, 5.74) is 0. The predicted octanol–water partition coefficient (Wildman–Crippen LogP) is 2.85. The van der Waals surface area contributed by atoms with Crippen molar-refractivity contribution in [3.8, 4) is 5.75 Å². The molecule has 29 heavy (non-hydrogen) atoms. The van der Waals surface area contributed by atoms with Gasteiger partial charge in [0.1, 0.15) is 0 Å². The van der Waals surface area contributed by atoms with Gasteiger partial charge < -0.3 is 14.7 Å². The molecule has 162 valence electrons. The number of sulfone groups is 1. The molecule has 1 aromatic carbocycles. The zero-order valence-corrected chi connectivity index (χ0v) is 17.7. The highest BCUT2D eigenvalue weighted by Gasteiger charge is 2.33. The fraction of sp³-hybridized carbons (Fsp3) is 0.650. The van der Waals surface area contributed by atoms with E-state index in [1.807, 2.05) is 0 Å². The molecule has 1 atom stereocenters. The Morgan fingerprint density at radius 2 is 1.93 bits per heavy atom. The number of hydrogen-bond donors (Lipinski definition) is 1. The van der Waals surface area contributed by atoms with Crippen LogP contribution in [0.15, 0.2) is 23.1 Å². The molecule has 0 radical (unpaired) electrons. The van der Waals surface area contributed by atoms with Crippen LogP contribution in [0.1, 0.15) is 32.6 Å².